The zero-order valence-electron chi connectivity index (χ0n) is 12.8. The Bertz CT molecular complexity index is 272. The Hall–Kier alpha value is -1.22. The molecule has 1 rings (SSSR count). The molecular formula is C12H28N4O4. The number of aliphatic carboxylic acids is 1. The van der Waals surface area contributed by atoms with Crippen LogP contribution >= 0.6 is 0 Å². The molecule has 2 atom stereocenters. The minimum Gasteiger partial charge on any atom is -0.480 e. The number of rotatable bonds is 5. The number of amidine groups is 1. The van der Waals surface area contributed by atoms with Crippen molar-refractivity contribution in [2.24, 2.45) is 16.5 Å². The molecule has 1 aliphatic rings. The van der Waals surface area contributed by atoms with Gasteiger partial charge in [-0.15, -0.1) is 0 Å². The predicted molar refractivity (Wildman–Crippen MR) is 79.0 cm³/mol. The Balaban J connectivity index is 0. The van der Waals surface area contributed by atoms with E-state index in [0.29, 0.717) is 19.2 Å². The van der Waals surface area contributed by atoms with Crippen LogP contribution in [0.4, 0.5) is 0 Å². The largest absolute Gasteiger partial charge is 0.480 e. The van der Waals surface area contributed by atoms with Crippen LogP contribution in [-0.4, -0.2) is 69.5 Å². The van der Waals surface area contributed by atoms with E-state index in [1.807, 2.05) is 6.92 Å². The Labute approximate surface area is 120 Å². The number of ether oxygens (including phenoxy) is 2. The molecule has 120 valence electrons. The fourth-order valence-corrected chi connectivity index (χ4v) is 0.970. The minimum absolute atomic E-state index is 0.162. The summed E-state index contributed by atoms with van der Waals surface area (Å²) in [6.45, 7) is 5.86. The zero-order chi connectivity index (χ0) is 16.0. The molecule has 0 aromatic heterocycles. The lowest BCUT2D eigenvalue weighted by Gasteiger charge is -2.03. The normalized spacial score (nSPS) is 17.7. The lowest BCUT2D eigenvalue weighted by atomic mass is 10.4. The summed E-state index contributed by atoms with van der Waals surface area (Å²) in [5.74, 6) is 0.0440. The molecule has 1 aliphatic heterocycles. The molecule has 20 heavy (non-hydrogen) atoms. The Morgan fingerprint density at radius 3 is 2.30 bits per heavy atom. The molecule has 6 N–H and O–H groups in total. The quantitative estimate of drug-likeness (QED) is 0.512. The van der Waals surface area contributed by atoms with Crippen molar-refractivity contribution in [3.63, 3.8) is 0 Å². The summed E-state index contributed by atoms with van der Waals surface area (Å²) in [4.78, 5) is 13.7. The molecule has 0 spiro atoms. The monoisotopic (exact) mass is 292 g/mol. The van der Waals surface area contributed by atoms with Crippen LogP contribution in [0.1, 0.15) is 13.8 Å². The van der Waals surface area contributed by atoms with Gasteiger partial charge in [0.1, 0.15) is 19.0 Å². The topological polar surface area (TPSA) is 132 Å². The van der Waals surface area contributed by atoms with E-state index in [-0.39, 0.29) is 12.6 Å². The first-order valence-corrected chi connectivity index (χ1v) is 6.32. The van der Waals surface area contributed by atoms with Crippen LogP contribution in [0.2, 0.25) is 0 Å². The van der Waals surface area contributed by atoms with Crippen LogP contribution in [0.25, 0.3) is 0 Å². The second-order valence-corrected chi connectivity index (χ2v) is 4.31. The standard InChI is InChI=1S/C6H12N2O.C3H10N2.C3H6O3/c1-5-3-7-6(8-5)4-9-2;1-3(5)2-4;1-6-2-3(4)5/h5H,3-4H2,1-2H3,(H,7,8);3H,2,4-5H2,1H3;2H2,1H3,(H,4,5). The van der Waals surface area contributed by atoms with E-state index in [0.717, 1.165) is 12.4 Å². The first kappa shape index (κ1) is 21.1. The van der Waals surface area contributed by atoms with Crippen molar-refractivity contribution in [3.8, 4) is 0 Å². The fourth-order valence-electron chi connectivity index (χ4n) is 0.970. The van der Waals surface area contributed by atoms with E-state index in [9.17, 15) is 4.79 Å². The summed E-state index contributed by atoms with van der Waals surface area (Å²) in [6, 6.07) is 0.658. The summed E-state index contributed by atoms with van der Waals surface area (Å²) in [5, 5.41) is 11.0. The number of nitrogens with zero attached hydrogens (tertiary/aromatic N) is 1. The molecule has 8 nitrogen and oxygen atoms in total. The third kappa shape index (κ3) is 16.8. The van der Waals surface area contributed by atoms with Gasteiger partial charge in [-0.05, 0) is 13.8 Å². The third-order valence-corrected chi connectivity index (χ3v) is 1.89. The molecule has 1 heterocycles. The molecule has 8 heteroatoms. The average molecular weight is 292 g/mol. The van der Waals surface area contributed by atoms with E-state index in [1.165, 1.54) is 7.11 Å². The van der Waals surface area contributed by atoms with Crippen molar-refractivity contribution >= 4 is 11.8 Å². The number of aliphatic imine (C=N–C) groups is 1. The Morgan fingerprint density at radius 2 is 2.10 bits per heavy atom. The molecule has 0 radical (unpaired) electrons. The Morgan fingerprint density at radius 1 is 1.55 bits per heavy atom. The molecule has 2 unspecified atom stereocenters. The molecule has 0 aliphatic carbocycles. The Kier molecular flexibility index (Phi) is 15.0. The van der Waals surface area contributed by atoms with Crippen LogP contribution in [0.3, 0.4) is 0 Å². The van der Waals surface area contributed by atoms with Gasteiger partial charge in [0.2, 0.25) is 0 Å². The molecule has 0 aromatic carbocycles. The van der Waals surface area contributed by atoms with Crippen LogP contribution in [0.15, 0.2) is 4.99 Å². The van der Waals surface area contributed by atoms with Gasteiger partial charge in [0.05, 0.1) is 6.54 Å². The van der Waals surface area contributed by atoms with Crippen LogP contribution in [0.5, 0.6) is 0 Å². The summed E-state index contributed by atoms with van der Waals surface area (Å²) in [7, 11) is 3.02. The smallest absolute Gasteiger partial charge is 0.329 e. The van der Waals surface area contributed by atoms with E-state index in [4.69, 9.17) is 21.3 Å². The van der Waals surface area contributed by atoms with E-state index in [2.05, 4.69) is 22.0 Å². The number of carboxylic acids is 1. The summed E-state index contributed by atoms with van der Waals surface area (Å²) in [5.41, 5.74) is 10.2. The maximum atomic E-state index is 9.47. The van der Waals surface area contributed by atoms with Crippen molar-refractivity contribution in [2.45, 2.75) is 25.9 Å². The number of hydrogen-bond acceptors (Lipinski definition) is 7. The van der Waals surface area contributed by atoms with Crippen LogP contribution < -0.4 is 16.8 Å². The second kappa shape index (κ2) is 14.2. The van der Waals surface area contributed by atoms with Gasteiger partial charge in [-0.1, -0.05) is 0 Å². The van der Waals surface area contributed by atoms with Gasteiger partial charge in [0.15, 0.2) is 0 Å². The van der Waals surface area contributed by atoms with E-state index < -0.39 is 5.97 Å². The van der Waals surface area contributed by atoms with Crippen molar-refractivity contribution in [1.82, 2.24) is 5.32 Å². The van der Waals surface area contributed by atoms with Crippen molar-refractivity contribution in [2.75, 3.05) is 40.5 Å². The number of methoxy groups -OCH3 is 2. The second-order valence-electron chi connectivity index (χ2n) is 4.31. The number of hydrogen-bond donors (Lipinski definition) is 4. The summed E-state index contributed by atoms with van der Waals surface area (Å²) in [6.07, 6.45) is 0. The number of nitrogens with two attached hydrogens (primary N) is 2. The lowest BCUT2D eigenvalue weighted by Crippen LogP contribution is -2.29. The van der Waals surface area contributed by atoms with Crippen molar-refractivity contribution in [3.05, 3.63) is 0 Å². The molecule has 0 bridgehead atoms. The first-order valence-electron chi connectivity index (χ1n) is 6.32. The van der Waals surface area contributed by atoms with Gasteiger partial charge in [0, 0.05) is 32.8 Å². The molecule has 0 saturated carbocycles. The molecular weight excluding hydrogens is 264 g/mol. The number of carboxylic acid groups (broad SMARTS) is 1. The SMILES string of the molecule is CC(N)CN.COCC(=O)O.COCC1=NCC(C)N1. The van der Waals surface area contributed by atoms with Gasteiger partial charge >= 0.3 is 5.97 Å². The average Bonchev–Trinajstić information content (AvgIpc) is 2.77. The summed E-state index contributed by atoms with van der Waals surface area (Å²) < 4.78 is 9.08. The van der Waals surface area contributed by atoms with E-state index >= 15 is 0 Å². The van der Waals surface area contributed by atoms with Gasteiger partial charge in [-0.3, -0.25) is 4.99 Å². The highest BCUT2D eigenvalue weighted by Crippen LogP contribution is 1.93. The van der Waals surface area contributed by atoms with Gasteiger partial charge < -0.3 is 31.4 Å². The van der Waals surface area contributed by atoms with Gasteiger partial charge in [0.25, 0.3) is 0 Å². The number of carbonyl (C=O) groups is 1. The highest BCUT2D eigenvalue weighted by Gasteiger charge is 2.10. The van der Waals surface area contributed by atoms with Crippen molar-refractivity contribution < 1.29 is 19.4 Å². The summed E-state index contributed by atoms with van der Waals surface area (Å²) >= 11 is 0. The lowest BCUT2D eigenvalue weighted by molar-refractivity contribution is -0.141. The maximum Gasteiger partial charge on any atom is 0.329 e. The highest BCUT2D eigenvalue weighted by molar-refractivity contribution is 5.85. The first-order chi connectivity index (χ1) is 9.37. The maximum absolute atomic E-state index is 9.47. The molecule has 0 amide bonds. The van der Waals surface area contributed by atoms with Crippen molar-refractivity contribution in [1.29, 1.82) is 0 Å². The number of nitrogens with one attached hydrogen (secondary N) is 1. The van der Waals surface area contributed by atoms with Crippen LogP contribution in [-0.2, 0) is 14.3 Å². The van der Waals surface area contributed by atoms with E-state index in [1.54, 1.807) is 7.11 Å². The predicted octanol–water partition coefficient (Wildman–Crippen LogP) is -0.967. The highest BCUT2D eigenvalue weighted by atomic mass is 16.5. The molecule has 0 saturated heterocycles. The third-order valence-electron chi connectivity index (χ3n) is 1.89. The zero-order valence-corrected chi connectivity index (χ0v) is 12.8. The molecule has 0 aromatic rings. The van der Waals surface area contributed by atoms with Gasteiger partial charge in [-0.2, -0.15) is 0 Å². The van der Waals surface area contributed by atoms with Gasteiger partial charge in [-0.25, -0.2) is 4.79 Å². The van der Waals surface area contributed by atoms with Crippen LogP contribution in [0, 0.1) is 0 Å². The minimum atomic E-state index is -0.933. The molecule has 0 fully saturated rings. The fraction of sp³-hybridized carbons (Fsp3) is 0.833.